The van der Waals surface area contributed by atoms with Gasteiger partial charge < -0.3 is 14.7 Å². The van der Waals surface area contributed by atoms with Crippen molar-refractivity contribution in [1.82, 2.24) is 39.6 Å². The number of fused-ring (bicyclic) bond motifs is 2. The van der Waals surface area contributed by atoms with E-state index in [1.54, 1.807) is 30.6 Å². The van der Waals surface area contributed by atoms with E-state index in [1.165, 1.54) is 22.4 Å². The summed E-state index contributed by atoms with van der Waals surface area (Å²) in [5, 5.41) is 22.6. The third kappa shape index (κ3) is 3.31. The largest absolute Gasteiger partial charge is 0.481 e. The Bertz CT molecular complexity index is 1600. The van der Waals surface area contributed by atoms with Crippen LogP contribution in [0.5, 0.6) is 5.88 Å². The van der Waals surface area contributed by atoms with Crippen LogP contribution < -0.4 is 9.64 Å². The van der Waals surface area contributed by atoms with Crippen molar-refractivity contribution >= 4 is 28.6 Å². The fourth-order valence-electron chi connectivity index (χ4n) is 4.53. The van der Waals surface area contributed by atoms with Crippen molar-refractivity contribution in [3.63, 3.8) is 0 Å². The molecule has 6 heterocycles. The summed E-state index contributed by atoms with van der Waals surface area (Å²) in [5.74, 6) is -0.751. The van der Waals surface area contributed by atoms with Crippen molar-refractivity contribution in [3.8, 4) is 11.7 Å². The van der Waals surface area contributed by atoms with E-state index in [1.807, 2.05) is 4.90 Å². The molecule has 0 saturated carbocycles. The maximum absolute atomic E-state index is 14.0. The van der Waals surface area contributed by atoms with Crippen LogP contribution in [0, 0.1) is 5.82 Å². The molecule has 1 fully saturated rings. The van der Waals surface area contributed by atoms with Crippen LogP contribution >= 0.6 is 0 Å². The number of carboxylic acids is 1. The predicted octanol–water partition coefficient (Wildman–Crippen LogP) is 2.44. The van der Waals surface area contributed by atoms with Crippen LogP contribution in [-0.4, -0.2) is 64.3 Å². The Morgan fingerprint density at radius 1 is 1.26 bits per heavy atom. The number of aromatic nitrogens is 8. The van der Waals surface area contributed by atoms with E-state index >= 15 is 0 Å². The first-order valence-corrected chi connectivity index (χ1v) is 10.8. The van der Waals surface area contributed by atoms with E-state index in [9.17, 15) is 14.3 Å². The number of ether oxygens (including phenoxy) is 1. The molecule has 0 unspecified atom stereocenters. The second-order valence-corrected chi connectivity index (χ2v) is 8.01. The molecule has 1 aliphatic rings. The highest BCUT2D eigenvalue weighted by molar-refractivity contribution is 5.98. The highest BCUT2D eigenvalue weighted by atomic mass is 19.1. The summed E-state index contributed by atoms with van der Waals surface area (Å²) >= 11 is 0. The fraction of sp³-hybridized carbons (Fsp3) is 0.227. The zero-order valence-electron chi connectivity index (χ0n) is 18.4. The van der Waals surface area contributed by atoms with E-state index in [2.05, 4.69) is 30.4 Å². The van der Waals surface area contributed by atoms with E-state index in [0.29, 0.717) is 35.0 Å². The molecule has 176 valence electrons. The number of methoxy groups -OCH3 is 1. The van der Waals surface area contributed by atoms with Crippen molar-refractivity contribution in [2.24, 2.45) is 0 Å². The number of nitrogens with zero attached hydrogens (tertiary/aromatic N) is 9. The van der Waals surface area contributed by atoms with Gasteiger partial charge >= 0.3 is 5.97 Å². The van der Waals surface area contributed by atoms with Gasteiger partial charge in [-0.3, -0.25) is 0 Å². The van der Waals surface area contributed by atoms with E-state index in [0.717, 1.165) is 19.0 Å². The number of hydrogen-bond donors (Lipinski definition) is 1. The predicted molar refractivity (Wildman–Crippen MR) is 120 cm³/mol. The molecule has 1 N–H and O–H groups in total. The molecule has 0 amide bonds. The van der Waals surface area contributed by atoms with Gasteiger partial charge in [0.2, 0.25) is 5.88 Å². The first-order valence-electron chi connectivity index (χ1n) is 10.8. The molecule has 0 aliphatic carbocycles. The van der Waals surface area contributed by atoms with Gasteiger partial charge in [0.05, 0.1) is 19.3 Å². The van der Waals surface area contributed by atoms with Gasteiger partial charge in [-0.25, -0.2) is 28.7 Å². The van der Waals surface area contributed by atoms with Crippen molar-refractivity contribution in [2.45, 2.75) is 18.9 Å². The maximum atomic E-state index is 14.0. The quantitative estimate of drug-likeness (QED) is 0.403. The van der Waals surface area contributed by atoms with E-state index in [-0.39, 0.29) is 23.1 Å². The molecule has 35 heavy (non-hydrogen) atoms. The lowest BCUT2D eigenvalue weighted by atomic mass is 10.1. The molecule has 0 aromatic carbocycles. The Morgan fingerprint density at radius 3 is 2.97 bits per heavy atom. The molecule has 1 atom stereocenters. The molecule has 6 rings (SSSR count). The first kappa shape index (κ1) is 20.9. The zero-order chi connectivity index (χ0) is 24.1. The number of carboxylic acid groups (broad SMARTS) is 1. The normalized spacial score (nSPS) is 15.8. The number of pyridine rings is 2. The Labute approximate surface area is 196 Å². The second kappa shape index (κ2) is 7.97. The summed E-state index contributed by atoms with van der Waals surface area (Å²) < 4.78 is 22.0. The highest BCUT2D eigenvalue weighted by Crippen LogP contribution is 2.39. The minimum atomic E-state index is -1.21. The minimum absolute atomic E-state index is 0.0531. The Kier molecular flexibility index (Phi) is 4.76. The number of carbonyl (C=O) groups is 1. The molecular formula is C22H18FN9O3. The molecule has 13 heteroatoms. The molecule has 5 aromatic heterocycles. The monoisotopic (exact) mass is 475 g/mol. The maximum Gasteiger partial charge on any atom is 0.343 e. The van der Waals surface area contributed by atoms with Gasteiger partial charge in [0, 0.05) is 24.5 Å². The van der Waals surface area contributed by atoms with Crippen LogP contribution in [0.3, 0.4) is 0 Å². The summed E-state index contributed by atoms with van der Waals surface area (Å²) in [6.07, 6.45) is 5.89. The van der Waals surface area contributed by atoms with Crippen molar-refractivity contribution in [3.05, 3.63) is 59.8 Å². The molecule has 0 bridgehead atoms. The van der Waals surface area contributed by atoms with Gasteiger partial charge in [-0.2, -0.15) is 4.68 Å². The summed E-state index contributed by atoms with van der Waals surface area (Å²) in [6, 6.07) is 6.36. The smallest absolute Gasteiger partial charge is 0.343 e. The van der Waals surface area contributed by atoms with Gasteiger partial charge in [0.25, 0.3) is 0 Å². The molecular weight excluding hydrogens is 457 g/mol. The average Bonchev–Trinajstić information content (AvgIpc) is 3.59. The van der Waals surface area contributed by atoms with Gasteiger partial charge in [0.1, 0.15) is 17.2 Å². The standard InChI is InChI=1S/C22H18FN9O3/c1-35-21-13(10-12(23)11-25-21)15-5-3-8-30(15)16-6-9-31-19(26-16)17(22(33)34)20(28-31)32-18-14(27-29-32)4-2-7-24-18/h2,4,6-7,9-11,15H,3,5,8H2,1H3,(H,33,34)/t15-/m1/s1. The van der Waals surface area contributed by atoms with Crippen molar-refractivity contribution in [2.75, 3.05) is 18.6 Å². The van der Waals surface area contributed by atoms with Gasteiger partial charge in [-0.15, -0.1) is 10.2 Å². The average molecular weight is 475 g/mol. The SMILES string of the molecule is COc1ncc(F)cc1[C@H]1CCCN1c1ccn2nc(-n3nnc4cccnc43)c(C(=O)O)c2n1. The Hall–Kier alpha value is -4.68. The molecule has 0 radical (unpaired) electrons. The molecule has 12 nitrogen and oxygen atoms in total. The van der Waals surface area contributed by atoms with Crippen LogP contribution in [-0.2, 0) is 0 Å². The number of hydrogen-bond acceptors (Lipinski definition) is 9. The van der Waals surface area contributed by atoms with Crippen molar-refractivity contribution < 1.29 is 19.0 Å². The summed E-state index contributed by atoms with van der Waals surface area (Å²) in [4.78, 5) is 27.3. The zero-order valence-corrected chi connectivity index (χ0v) is 18.4. The van der Waals surface area contributed by atoms with Crippen LogP contribution in [0.15, 0.2) is 42.9 Å². The van der Waals surface area contributed by atoms with Crippen LogP contribution in [0.4, 0.5) is 10.2 Å². The van der Waals surface area contributed by atoms with Crippen LogP contribution in [0.25, 0.3) is 22.6 Å². The lowest BCUT2D eigenvalue weighted by molar-refractivity contribution is 0.0698. The molecule has 0 spiro atoms. The highest BCUT2D eigenvalue weighted by Gasteiger charge is 2.32. The lowest BCUT2D eigenvalue weighted by Gasteiger charge is -2.26. The summed E-state index contributed by atoms with van der Waals surface area (Å²) in [7, 11) is 1.49. The third-order valence-electron chi connectivity index (χ3n) is 6.02. The van der Waals surface area contributed by atoms with Crippen LogP contribution in [0.1, 0.15) is 34.8 Å². The number of halogens is 1. The molecule has 5 aromatic rings. The summed E-state index contributed by atoms with van der Waals surface area (Å²) in [5.41, 5.74) is 1.50. The number of rotatable bonds is 5. The summed E-state index contributed by atoms with van der Waals surface area (Å²) in [6.45, 7) is 0.647. The topological polar surface area (TPSA) is 136 Å². The third-order valence-corrected chi connectivity index (χ3v) is 6.02. The van der Waals surface area contributed by atoms with Crippen LogP contribution in [0.2, 0.25) is 0 Å². The van der Waals surface area contributed by atoms with Gasteiger partial charge in [-0.05, 0) is 37.1 Å². The van der Waals surface area contributed by atoms with Gasteiger partial charge in [0.15, 0.2) is 22.7 Å². The Balaban J connectivity index is 1.48. The first-order chi connectivity index (χ1) is 17.0. The van der Waals surface area contributed by atoms with E-state index in [4.69, 9.17) is 4.74 Å². The number of aromatic carboxylic acids is 1. The van der Waals surface area contributed by atoms with E-state index < -0.39 is 11.8 Å². The van der Waals surface area contributed by atoms with Gasteiger partial charge in [-0.1, -0.05) is 5.21 Å². The second-order valence-electron chi connectivity index (χ2n) is 8.01. The Morgan fingerprint density at radius 2 is 2.14 bits per heavy atom. The fourth-order valence-corrected chi connectivity index (χ4v) is 4.53. The molecule has 1 aliphatic heterocycles. The number of anilines is 1. The molecule has 1 saturated heterocycles. The van der Waals surface area contributed by atoms with Crippen molar-refractivity contribution in [1.29, 1.82) is 0 Å². The lowest BCUT2D eigenvalue weighted by Crippen LogP contribution is -2.24. The minimum Gasteiger partial charge on any atom is -0.481 e.